The molecule has 254 valence electrons. The second-order valence-electron chi connectivity index (χ2n) is 12.2. The Balaban J connectivity index is 0.000000547. The summed E-state index contributed by atoms with van der Waals surface area (Å²) >= 11 is 0.0757. The molecular weight excluding hydrogens is 647 g/mol. The third kappa shape index (κ3) is 15.5. The van der Waals surface area contributed by atoms with Gasteiger partial charge in [0.15, 0.2) is 0 Å². The zero-order chi connectivity index (χ0) is 32.5. The monoisotopic (exact) mass is 708 g/mol. The Kier molecular flexibility index (Phi) is 22.0. The number of hydrogen-bond donors (Lipinski definition) is 0. The molecule has 0 fully saturated rings. The van der Waals surface area contributed by atoms with Gasteiger partial charge < -0.3 is 5.53 Å². The Hall–Kier alpha value is -1.90. The van der Waals surface area contributed by atoms with Crippen molar-refractivity contribution in [1.29, 1.82) is 0 Å². The number of nitrogens with zero attached hydrogens (tertiary/aromatic N) is 2. The zero-order valence-electron chi connectivity index (χ0n) is 29.2. The summed E-state index contributed by atoms with van der Waals surface area (Å²) in [6, 6.07) is 17.5. The summed E-state index contributed by atoms with van der Waals surface area (Å²) in [4.78, 5) is 0. The van der Waals surface area contributed by atoms with E-state index < -0.39 is 0 Å². The first-order valence-electron chi connectivity index (χ1n) is 18.0. The topological polar surface area (TPSA) is 43.8 Å². The predicted octanol–water partition coefficient (Wildman–Crippen LogP) is 12.5. The molecule has 2 aromatic rings. The van der Waals surface area contributed by atoms with Crippen LogP contribution in [0.1, 0.15) is 153 Å². The van der Waals surface area contributed by atoms with Crippen LogP contribution in [0.4, 0.5) is 0 Å². The first kappa shape index (κ1) is 39.3. The summed E-state index contributed by atoms with van der Waals surface area (Å²) in [7, 11) is 0. The Morgan fingerprint density at radius 1 is 0.578 bits per heavy atom. The maximum absolute atomic E-state index is 11.4. The van der Waals surface area contributed by atoms with E-state index >= 15 is 0 Å². The average molecular weight is 709 g/mol. The minimum absolute atomic E-state index is 0.0757. The summed E-state index contributed by atoms with van der Waals surface area (Å²) in [6.45, 7) is 12.8. The molecule has 1 aliphatic heterocycles. The van der Waals surface area contributed by atoms with Gasteiger partial charge in [0, 0.05) is 22.8 Å². The molecule has 45 heavy (non-hydrogen) atoms. The number of aryl methyl sites for hydroxylation is 2. The molecule has 0 spiro atoms. The Morgan fingerprint density at radius 3 is 1.67 bits per heavy atom. The van der Waals surface area contributed by atoms with Gasteiger partial charge in [0.2, 0.25) is 11.4 Å². The van der Waals surface area contributed by atoms with Gasteiger partial charge >= 0.3 is 78.4 Å². The number of hydrogen-bond acceptors (Lipinski definition) is 2. The van der Waals surface area contributed by atoms with Gasteiger partial charge in [-0.1, -0.05) is 90.0 Å². The number of benzene rings is 2. The molecule has 0 N–H and O–H groups in total. The van der Waals surface area contributed by atoms with Gasteiger partial charge in [-0.2, -0.15) is 0 Å². The van der Waals surface area contributed by atoms with Crippen LogP contribution in [0.25, 0.3) is 16.9 Å². The van der Waals surface area contributed by atoms with E-state index in [0.717, 1.165) is 67.8 Å². The Labute approximate surface area is 285 Å². The van der Waals surface area contributed by atoms with Gasteiger partial charge in [-0.05, 0) is 73.9 Å². The molecule has 1 aliphatic rings. The third-order valence-electron chi connectivity index (χ3n) is 8.12. The van der Waals surface area contributed by atoms with Crippen LogP contribution < -0.4 is 0 Å². The van der Waals surface area contributed by atoms with Crippen LogP contribution in [-0.4, -0.2) is 17.9 Å². The molecule has 0 atom stereocenters. The third-order valence-corrected chi connectivity index (χ3v) is 9.12. The summed E-state index contributed by atoms with van der Waals surface area (Å²) in [5.74, 6) is 0. The fourth-order valence-electron chi connectivity index (χ4n) is 5.33. The molecule has 0 unspecified atom stereocenters. The molecule has 0 aliphatic carbocycles. The van der Waals surface area contributed by atoms with Crippen molar-refractivity contribution in [3.05, 3.63) is 88.0 Å². The van der Waals surface area contributed by atoms with Crippen LogP contribution in [-0.2, 0) is 38.5 Å². The van der Waals surface area contributed by atoms with Gasteiger partial charge in [0.05, 0.1) is 0 Å². The maximum atomic E-state index is 11.4. The molecule has 2 aromatic carbocycles. The molecule has 5 heteroatoms. The Morgan fingerprint density at radius 2 is 1.09 bits per heavy atom. The second kappa shape index (κ2) is 25.2. The summed E-state index contributed by atoms with van der Waals surface area (Å²) < 4.78 is 12.0. The molecule has 0 aromatic heterocycles. The van der Waals surface area contributed by atoms with Crippen LogP contribution in [0, 0.1) is 0 Å². The molecule has 4 nitrogen and oxygen atoms in total. The van der Waals surface area contributed by atoms with E-state index in [2.05, 4.69) is 89.2 Å². The fourth-order valence-corrected chi connectivity index (χ4v) is 6.17. The predicted molar refractivity (Wildman–Crippen MR) is 188 cm³/mol. The van der Waals surface area contributed by atoms with Crippen LogP contribution in [0.15, 0.2) is 60.2 Å². The molecule has 0 radical (unpaired) electrons. The summed E-state index contributed by atoms with van der Waals surface area (Å²) in [5.41, 5.74) is 19.5. The standard InChI is InChI=1S/C32H44N2.2C4H9O.Pd/c1-4-7-10-11-12-13-20-30-25-31(28-21-14-18-26(23-28)16-8-5-2)34(33)32(30)29-22-15-19-27(24-29)17-9-6-3;2*1-2-3-4-5;/h14-15,18-19,21-25H,4-13,16-17,20H2,1-3H3;2*2-4H2,1H3;/q;2*-1;+2. The van der Waals surface area contributed by atoms with Crippen molar-refractivity contribution in [2.75, 3.05) is 13.2 Å². The first-order chi connectivity index (χ1) is 22.1. The van der Waals surface area contributed by atoms with Crippen molar-refractivity contribution in [2.45, 2.75) is 144 Å². The van der Waals surface area contributed by atoms with Gasteiger partial charge in [-0.3, -0.25) is 0 Å². The fraction of sp³-hybridized carbons (Fsp3) is 0.600. The molecule has 1 heterocycles. The van der Waals surface area contributed by atoms with Crippen molar-refractivity contribution in [1.82, 2.24) is 0 Å². The molecule has 0 amide bonds. The number of rotatable bonds is 23. The molecule has 0 saturated carbocycles. The van der Waals surface area contributed by atoms with Crippen LogP contribution in [0.3, 0.4) is 0 Å². The van der Waals surface area contributed by atoms with Gasteiger partial charge in [0.1, 0.15) is 0 Å². The molecule has 3 rings (SSSR count). The quantitative estimate of drug-likeness (QED) is 0.0655. The van der Waals surface area contributed by atoms with E-state index in [9.17, 15) is 5.53 Å². The van der Waals surface area contributed by atoms with E-state index in [0.29, 0.717) is 0 Å². The average Bonchev–Trinajstić information content (AvgIpc) is 3.40. The van der Waals surface area contributed by atoms with Crippen molar-refractivity contribution in [3.8, 4) is 0 Å². The second-order valence-corrected chi connectivity index (χ2v) is 13.3. The normalized spacial score (nSPS) is 12.9. The van der Waals surface area contributed by atoms with Crippen molar-refractivity contribution in [3.63, 3.8) is 0 Å². The Bertz CT molecular complexity index is 1150. The molecule has 0 saturated heterocycles. The SMILES string of the molecule is CCCCCCCCC1=C(c2cccc(CCCC)c2)[N+](=[N-])C(c2cccc(CCCC)c2)=C1.CCCC[O][Pd][O]CCCC. The van der Waals surface area contributed by atoms with Gasteiger partial charge in [-0.25, -0.2) is 4.70 Å². The first-order valence-corrected chi connectivity index (χ1v) is 19.3. The van der Waals surface area contributed by atoms with E-state index in [1.165, 1.54) is 98.4 Å². The van der Waals surface area contributed by atoms with E-state index in [4.69, 9.17) is 6.92 Å². The molecular formula is C40H62N2O2Pd. The number of allylic oxidation sites excluding steroid dienone is 2. The van der Waals surface area contributed by atoms with E-state index in [1.807, 2.05) is 0 Å². The van der Waals surface area contributed by atoms with Crippen molar-refractivity contribution >= 4 is 11.4 Å². The van der Waals surface area contributed by atoms with Crippen LogP contribution in [0.5, 0.6) is 0 Å². The van der Waals surface area contributed by atoms with Crippen molar-refractivity contribution < 1.29 is 30.3 Å². The molecule has 0 bridgehead atoms. The van der Waals surface area contributed by atoms with Gasteiger partial charge in [0.25, 0.3) is 0 Å². The minimum atomic E-state index is 0.0757. The van der Waals surface area contributed by atoms with Gasteiger partial charge in [-0.15, -0.1) is 0 Å². The van der Waals surface area contributed by atoms with Crippen LogP contribution >= 0.6 is 0 Å². The summed E-state index contributed by atoms with van der Waals surface area (Å²) in [6.07, 6.45) is 22.6. The zero-order valence-corrected chi connectivity index (χ0v) is 30.7. The van der Waals surface area contributed by atoms with Crippen molar-refractivity contribution in [2.24, 2.45) is 0 Å². The summed E-state index contributed by atoms with van der Waals surface area (Å²) in [5, 5.41) is 0. The van der Waals surface area contributed by atoms with Crippen LogP contribution in [0.2, 0.25) is 0 Å². The number of unbranched alkanes of at least 4 members (excludes halogenated alkanes) is 9. The van der Waals surface area contributed by atoms with E-state index in [-0.39, 0.29) is 18.7 Å². The van der Waals surface area contributed by atoms with E-state index in [1.54, 1.807) is 0 Å².